The number of rotatable bonds is 6. The highest BCUT2D eigenvalue weighted by Crippen LogP contribution is 2.24. The Bertz CT molecular complexity index is 652. The molecular weight excluding hydrogens is 320 g/mol. The number of nitrogens with zero attached hydrogens (tertiary/aromatic N) is 2. The Morgan fingerprint density at radius 1 is 1.25 bits per heavy atom. The largest absolute Gasteiger partial charge is 0.336 e. The molecule has 0 bridgehead atoms. The Balaban J connectivity index is 1.54. The van der Waals surface area contributed by atoms with Crippen molar-refractivity contribution in [2.24, 2.45) is 0 Å². The fourth-order valence-electron chi connectivity index (χ4n) is 3.10. The van der Waals surface area contributed by atoms with E-state index in [-0.39, 0.29) is 12.1 Å². The summed E-state index contributed by atoms with van der Waals surface area (Å²) in [6, 6.07) is 10.5. The van der Waals surface area contributed by atoms with Crippen LogP contribution >= 0.6 is 11.3 Å². The van der Waals surface area contributed by atoms with Crippen molar-refractivity contribution in [3.05, 3.63) is 52.0 Å². The lowest BCUT2D eigenvalue weighted by atomic mass is 10.1. The maximum Gasteiger partial charge on any atom is 0.315 e. The molecule has 2 heterocycles. The van der Waals surface area contributed by atoms with Gasteiger partial charge in [-0.2, -0.15) is 0 Å². The molecule has 24 heavy (non-hydrogen) atoms. The zero-order valence-corrected chi connectivity index (χ0v) is 14.8. The molecule has 1 aromatic carbocycles. The molecule has 2 amide bonds. The topological polar surface area (TPSA) is 57.3 Å². The van der Waals surface area contributed by atoms with Crippen LogP contribution in [0.25, 0.3) is 0 Å². The van der Waals surface area contributed by atoms with Crippen LogP contribution in [0.2, 0.25) is 0 Å². The number of aryl methyl sites for hydroxylation is 1. The first-order valence-electron chi connectivity index (χ1n) is 8.44. The van der Waals surface area contributed by atoms with E-state index in [0.717, 1.165) is 23.8 Å². The molecule has 128 valence electrons. The number of likely N-dealkylation sites (tertiary alicyclic amines) is 1. The molecule has 1 saturated heterocycles. The average Bonchev–Trinajstić information content (AvgIpc) is 3.26. The predicted octanol–water partition coefficient (Wildman–Crippen LogP) is 3.09. The number of benzene rings is 1. The minimum absolute atomic E-state index is 0.138. The van der Waals surface area contributed by atoms with Crippen molar-refractivity contribution in [3.63, 3.8) is 0 Å². The van der Waals surface area contributed by atoms with Crippen LogP contribution < -0.4 is 10.6 Å². The fourth-order valence-corrected chi connectivity index (χ4v) is 3.71. The number of carbonyl (C=O) groups excluding carboxylic acids is 1. The van der Waals surface area contributed by atoms with E-state index in [1.165, 1.54) is 18.4 Å². The van der Waals surface area contributed by atoms with Gasteiger partial charge in [0.1, 0.15) is 0 Å². The summed E-state index contributed by atoms with van der Waals surface area (Å²) in [5.74, 6) is 0. The summed E-state index contributed by atoms with van der Waals surface area (Å²) in [6.45, 7) is 5.25. The van der Waals surface area contributed by atoms with Crippen molar-refractivity contribution in [1.29, 1.82) is 0 Å². The van der Waals surface area contributed by atoms with Crippen molar-refractivity contribution < 1.29 is 4.79 Å². The summed E-state index contributed by atoms with van der Waals surface area (Å²) in [5, 5.41) is 8.90. The van der Waals surface area contributed by atoms with Crippen LogP contribution in [-0.2, 0) is 6.54 Å². The van der Waals surface area contributed by atoms with Gasteiger partial charge in [0.25, 0.3) is 0 Å². The third-order valence-corrected chi connectivity index (χ3v) is 5.14. The number of hydrogen-bond donors (Lipinski definition) is 2. The van der Waals surface area contributed by atoms with E-state index in [0.29, 0.717) is 13.1 Å². The van der Waals surface area contributed by atoms with Crippen LogP contribution in [0.1, 0.15) is 35.1 Å². The van der Waals surface area contributed by atoms with Gasteiger partial charge in [-0.3, -0.25) is 4.90 Å². The second-order valence-electron chi connectivity index (χ2n) is 6.09. The highest BCUT2D eigenvalue weighted by Gasteiger charge is 2.23. The molecule has 1 aromatic heterocycles. The van der Waals surface area contributed by atoms with Gasteiger partial charge >= 0.3 is 6.03 Å². The number of thiazole rings is 1. The summed E-state index contributed by atoms with van der Waals surface area (Å²) >= 11 is 1.60. The molecule has 1 aliphatic heterocycles. The average molecular weight is 344 g/mol. The van der Waals surface area contributed by atoms with Gasteiger partial charge < -0.3 is 10.6 Å². The van der Waals surface area contributed by atoms with Gasteiger partial charge in [0.2, 0.25) is 0 Å². The van der Waals surface area contributed by atoms with Gasteiger partial charge in [-0.15, -0.1) is 11.3 Å². The van der Waals surface area contributed by atoms with Crippen molar-refractivity contribution in [2.45, 2.75) is 32.4 Å². The Kier molecular flexibility index (Phi) is 5.82. The van der Waals surface area contributed by atoms with E-state index in [2.05, 4.69) is 44.8 Å². The molecule has 3 rings (SSSR count). The molecule has 5 nitrogen and oxygen atoms in total. The highest BCUT2D eigenvalue weighted by molar-refractivity contribution is 7.09. The third kappa shape index (κ3) is 4.55. The first kappa shape index (κ1) is 16.9. The van der Waals surface area contributed by atoms with E-state index < -0.39 is 0 Å². The Labute approximate surface area is 147 Å². The second-order valence-corrected chi connectivity index (χ2v) is 7.15. The first-order valence-corrected chi connectivity index (χ1v) is 9.32. The normalized spacial score (nSPS) is 16.0. The molecule has 2 aromatic rings. The van der Waals surface area contributed by atoms with Crippen LogP contribution in [-0.4, -0.2) is 35.5 Å². The maximum absolute atomic E-state index is 12.1. The van der Waals surface area contributed by atoms with Gasteiger partial charge in [0.05, 0.1) is 23.3 Å². The lowest BCUT2D eigenvalue weighted by Gasteiger charge is -2.28. The minimum Gasteiger partial charge on any atom is -0.336 e. The molecule has 1 aliphatic rings. The van der Waals surface area contributed by atoms with Crippen LogP contribution in [0, 0.1) is 6.92 Å². The van der Waals surface area contributed by atoms with Crippen molar-refractivity contribution in [1.82, 2.24) is 20.5 Å². The van der Waals surface area contributed by atoms with Crippen LogP contribution in [0.4, 0.5) is 4.79 Å². The Morgan fingerprint density at radius 3 is 2.67 bits per heavy atom. The lowest BCUT2D eigenvalue weighted by Crippen LogP contribution is -2.41. The predicted molar refractivity (Wildman–Crippen MR) is 97.1 cm³/mol. The third-order valence-electron chi connectivity index (χ3n) is 4.32. The monoisotopic (exact) mass is 344 g/mol. The molecule has 0 spiro atoms. The number of urea groups is 1. The molecular formula is C18H24N4OS. The summed E-state index contributed by atoms with van der Waals surface area (Å²) in [6.07, 6.45) is 2.47. The lowest BCUT2D eigenvalue weighted by molar-refractivity contribution is 0.220. The number of carbonyl (C=O) groups is 1. The molecule has 0 saturated carbocycles. The summed E-state index contributed by atoms with van der Waals surface area (Å²) in [5.41, 5.74) is 2.17. The zero-order chi connectivity index (χ0) is 16.8. The standard InChI is InChI=1S/C18H24N4OS/c1-14-21-16(13-24-14)11-19-18(23)20-12-17(22-9-5-6-10-22)15-7-3-2-4-8-15/h2-4,7-8,13,17H,5-6,9-12H2,1H3,(H2,19,20,23)/t17-/m0/s1. The number of aromatic nitrogens is 1. The zero-order valence-electron chi connectivity index (χ0n) is 14.0. The summed E-state index contributed by atoms with van der Waals surface area (Å²) in [4.78, 5) is 18.9. The summed E-state index contributed by atoms with van der Waals surface area (Å²) in [7, 11) is 0. The van der Waals surface area contributed by atoms with Crippen molar-refractivity contribution in [3.8, 4) is 0 Å². The molecule has 1 fully saturated rings. The van der Waals surface area contributed by atoms with Gasteiger partial charge in [0.15, 0.2) is 0 Å². The smallest absolute Gasteiger partial charge is 0.315 e. The van der Waals surface area contributed by atoms with Crippen LogP contribution in [0.5, 0.6) is 0 Å². The van der Waals surface area contributed by atoms with Gasteiger partial charge in [-0.1, -0.05) is 30.3 Å². The fraction of sp³-hybridized carbons (Fsp3) is 0.444. The number of nitrogens with one attached hydrogen (secondary N) is 2. The van der Waals surface area contributed by atoms with E-state index in [9.17, 15) is 4.79 Å². The Hall–Kier alpha value is -1.92. The van der Waals surface area contributed by atoms with Gasteiger partial charge in [0, 0.05) is 11.9 Å². The Morgan fingerprint density at radius 2 is 2.00 bits per heavy atom. The molecule has 6 heteroatoms. The quantitative estimate of drug-likeness (QED) is 0.847. The van der Waals surface area contributed by atoms with E-state index >= 15 is 0 Å². The maximum atomic E-state index is 12.1. The SMILES string of the molecule is Cc1nc(CNC(=O)NC[C@@H](c2ccccc2)N2CCCC2)cs1. The van der Waals surface area contributed by atoms with Gasteiger partial charge in [-0.25, -0.2) is 9.78 Å². The van der Waals surface area contributed by atoms with Crippen molar-refractivity contribution >= 4 is 17.4 Å². The van der Waals surface area contributed by atoms with Crippen LogP contribution in [0.3, 0.4) is 0 Å². The number of hydrogen-bond acceptors (Lipinski definition) is 4. The molecule has 0 radical (unpaired) electrons. The molecule has 0 unspecified atom stereocenters. The molecule has 2 N–H and O–H groups in total. The minimum atomic E-state index is -0.138. The van der Waals surface area contributed by atoms with Crippen LogP contribution in [0.15, 0.2) is 35.7 Å². The highest BCUT2D eigenvalue weighted by atomic mass is 32.1. The number of amides is 2. The molecule has 0 aliphatic carbocycles. The second kappa shape index (κ2) is 8.26. The molecule has 1 atom stereocenters. The first-order chi connectivity index (χ1) is 11.7. The van der Waals surface area contributed by atoms with E-state index in [1.807, 2.05) is 18.4 Å². The van der Waals surface area contributed by atoms with E-state index in [1.54, 1.807) is 11.3 Å². The summed E-state index contributed by atoms with van der Waals surface area (Å²) < 4.78 is 0. The van der Waals surface area contributed by atoms with Crippen molar-refractivity contribution in [2.75, 3.05) is 19.6 Å². The van der Waals surface area contributed by atoms with E-state index in [4.69, 9.17) is 0 Å². The van der Waals surface area contributed by atoms with Gasteiger partial charge in [-0.05, 0) is 38.4 Å².